The van der Waals surface area contributed by atoms with Gasteiger partial charge in [-0.3, -0.25) is 14.4 Å². The Balaban J connectivity index is 1.48. The number of carbonyl (C=O) groups is 3. The standard InChI is InChI=1S/C18H19F3N4O3S/c19-18(20,21)10-22-15(27)11-3-5-12(6-4-11)23-14(26)9-13-16(28)24-17(29-13)25-7-1-2-8-25/h3-6,13H,1-2,7-10H2,(H,22,27)(H,23,26)/t13-/m0/s1. The van der Waals surface area contributed by atoms with Crippen molar-refractivity contribution in [2.75, 3.05) is 25.0 Å². The number of nitrogens with one attached hydrogen (secondary N) is 2. The molecule has 2 heterocycles. The number of thioether (sulfide) groups is 1. The van der Waals surface area contributed by atoms with Crippen molar-refractivity contribution in [2.24, 2.45) is 4.99 Å². The molecule has 0 unspecified atom stereocenters. The van der Waals surface area contributed by atoms with E-state index in [1.165, 1.54) is 36.0 Å². The van der Waals surface area contributed by atoms with Gasteiger partial charge in [0.15, 0.2) is 5.17 Å². The van der Waals surface area contributed by atoms with Crippen LogP contribution in [0, 0.1) is 0 Å². The van der Waals surface area contributed by atoms with Gasteiger partial charge in [0.2, 0.25) is 5.91 Å². The molecule has 1 fully saturated rings. The monoisotopic (exact) mass is 428 g/mol. The van der Waals surface area contributed by atoms with Crippen LogP contribution in [0.1, 0.15) is 29.6 Å². The number of alkyl halides is 3. The number of aliphatic imine (C=N–C) groups is 1. The average Bonchev–Trinajstić information content (AvgIpc) is 3.30. The number of rotatable bonds is 5. The van der Waals surface area contributed by atoms with Gasteiger partial charge in [-0.05, 0) is 37.1 Å². The van der Waals surface area contributed by atoms with Crippen LogP contribution in [0.2, 0.25) is 0 Å². The highest BCUT2D eigenvalue weighted by Gasteiger charge is 2.33. The summed E-state index contributed by atoms with van der Waals surface area (Å²) >= 11 is 1.29. The van der Waals surface area contributed by atoms with E-state index < -0.39 is 23.9 Å². The average molecular weight is 428 g/mol. The van der Waals surface area contributed by atoms with Crippen molar-refractivity contribution in [1.82, 2.24) is 10.2 Å². The number of benzene rings is 1. The van der Waals surface area contributed by atoms with E-state index in [4.69, 9.17) is 0 Å². The Kier molecular flexibility index (Phi) is 6.46. The van der Waals surface area contributed by atoms with E-state index in [0.717, 1.165) is 25.9 Å². The van der Waals surface area contributed by atoms with Crippen molar-refractivity contribution in [3.8, 4) is 0 Å². The number of nitrogens with zero attached hydrogens (tertiary/aromatic N) is 2. The van der Waals surface area contributed by atoms with Crippen molar-refractivity contribution in [1.29, 1.82) is 0 Å². The molecule has 0 bridgehead atoms. The molecule has 29 heavy (non-hydrogen) atoms. The lowest BCUT2D eigenvalue weighted by atomic mass is 10.2. The number of halogens is 3. The van der Waals surface area contributed by atoms with Gasteiger partial charge in [-0.1, -0.05) is 11.8 Å². The Bertz CT molecular complexity index is 821. The zero-order chi connectivity index (χ0) is 21.0. The minimum atomic E-state index is -4.49. The molecular weight excluding hydrogens is 409 g/mol. The van der Waals surface area contributed by atoms with Crippen LogP contribution in [0.15, 0.2) is 29.3 Å². The maximum absolute atomic E-state index is 12.2. The molecule has 11 heteroatoms. The van der Waals surface area contributed by atoms with Crippen LogP contribution in [0.25, 0.3) is 0 Å². The summed E-state index contributed by atoms with van der Waals surface area (Å²) in [6, 6.07) is 5.45. The predicted molar refractivity (Wildman–Crippen MR) is 103 cm³/mol. The third kappa shape index (κ3) is 5.96. The number of amides is 3. The molecule has 7 nitrogen and oxygen atoms in total. The SMILES string of the molecule is O=C(C[C@@H]1SC(N2CCCC2)=NC1=O)Nc1ccc(C(=O)NCC(F)(F)F)cc1. The van der Waals surface area contributed by atoms with Crippen LogP contribution in [0.4, 0.5) is 18.9 Å². The van der Waals surface area contributed by atoms with Crippen LogP contribution < -0.4 is 10.6 Å². The van der Waals surface area contributed by atoms with Gasteiger partial charge in [0.05, 0.1) is 0 Å². The lowest BCUT2D eigenvalue weighted by Gasteiger charge is -2.16. The molecule has 2 aliphatic rings. The van der Waals surface area contributed by atoms with Gasteiger partial charge in [0, 0.05) is 30.8 Å². The maximum atomic E-state index is 12.2. The first-order chi connectivity index (χ1) is 13.7. The molecule has 0 aliphatic carbocycles. The zero-order valence-electron chi connectivity index (χ0n) is 15.3. The van der Waals surface area contributed by atoms with E-state index in [1.807, 2.05) is 4.90 Å². The number of amidine groups is 1. The third-order valence-corrected chi connectivity index (χ3v) is 5.57. The maximum Gasteiger partial charge on any atom is 0.405 e. The number of hydrogen-bond donors (Lipinski definition) is 2. The number of hydrogen-bond acceptors (Lipinski definition) is 5. The van der Waals surface area contributed by atoms with Gasteiger partial charge in [0.1, 0.15) is 11.8 Å². The lowest BCUT2D eigenvalue weighted by Crippen LogP contribution is -2.33. The van der Waals surface area contributed by atoms with E-state index in [-0.39, 0.29) is 23.8 Å². The Morgan fingerprint density at radius 3 is 2.45 bits per heavy atom. The molecule has 2 N–H and O–H groups in total. The molecule has 0 aromatic heterocycles. The first kappa shape index (κ1) is 21.2. The number of likely N-dealkylation sites (tertiary alicyclic amines) is 1. The van der Waals surface area contributed by atoms with Crippen molar-refractivity contribution >= 4 is 40.3 Å². The van der Waals surface area contributed by atoms with Crippen LogP contribution >= 0.6 is 11.8 Å². The molecule has 1 aromatic carbocycles. The predicted octanol–water partition coefficient (Wildman–Crippen LogP) is 2.40. The van der Waals surface area contributed by atoms with Crippen LogP contribution in [0.3, 0.4) is 0 Å². The molecule has 0 saturated carbocycles. The van der Waals surface area contributed by atoms with Gasteiger partial charge >= 0.3 is 6.18 Å². The fourth-order valence-electron chi connectivity index (χ4n) is 2.92. The summed E-state index contributed by atoms with van der Waals surface area (Å²) < 4.78 is 36.4. The smallest absolute Gasteiger partial charge is 0.351 e. The van der Waals surface area contributed by atoms with Gasteiger partial charge in [-0.25, -0.2) is 0 Å². The summed E-state index contributed by atoms with van der Waals surface area (Å²) in [5.41, 5.74) is 0.413. The van der Waals surface area contributed by atoms with E-state index >= 15 is 0 Å². The third-order valence-electron chi connectivity index (χ3n) is 4.36. The van der Waals surface area contributed by atoms with Crippen LogP contribution in [-0.2, 0) is 9.59 Å². The van der Waals surface area contributed by atoms with E-state index in [0.29, 0.717) is 10.9 Å². The minimum Gasteiger partial charge on any atom is -0.351 e. The molecule has 0 spiro atoms. The van der Waals surface area contributed by atoms with Crippen molar-refractivity contribution in [3.05, 3.63) is 29.8 Å². The quantitative estimate of drug-likeness (QED) is 0.752. The normalized spacial score (nSPS) is 19.3. The topological polar surface area (TPSA) is 90.9 Å². The lowest BCUT2D eigenvalue weighted by molar-refractivity contribution is -0.123. The summed E-state index contributed by atoms with van der Waals surface area (Å²) in [5, 5.41) is 4.48. The van der Waals surface area contributed by atoms with Gasteiger partial charge in [0.25, 0.3) is 11.8 Å². The summed E-state index contributed by atoms with van der Waals surface area (Å²) in [6.45, 7) is 0.306. The van der Waals surface area contributed by atoms with Crippen LogP contribution in [0.5, 0.6) is 0 Å². The molecule has 156 valence electrons. The van der Waals surface area contributed by atoms with E-state index in [2.05, 4.69) is 10.3 Å². The highest BCUT2D eigenvalue weighted by atomic mass is 32.2. The molecular formula is C18H19F3N4O3S. The fourth-order valence-corrected chi connectivity index (χ4v) is 4.04. The second kappa shape index (κ2) is 8.85. The molecule has 0 radical (unpaired) electrons. The fraction of sp³-hybridized carbons (Fsp3) is 0.444. The molecule has 3 amide bonds. The Labute approximate surface area is 169 Å². The zero-order valence-corrected chi connectivity index (χ0v) is 16.1. The summed E-state index contributed by atoms with van der Waals surface area (Å²) in [7, 11) is 0. The molecule has 3 rings (SSSR count). The van der Waals surface area contributed by atoms with Crippen molar-refractivity contribution in [2.45, 2.75) is 30.7 Å². The summed E-state index contributed by atoms with van der Waals surface area (Å²) in [4.78, 5) is 42.0. The van der Waals surface area contributed by atoms with Crippen molar-refractivity contribution < 1.29 is 27.6 Å². The van der Waals surface area contributed by atoms with Gasteiger partial charge in [-0.2, -0.15) is 18.2 Å². The minimum absolute atomic E-state index is 0.0393. The van der Waals surface area contributed by atoms with E-state index in [1.54, 1.807) is 5.32 Å². The highest BCUT2D eigenvalue weighted by molar-refractivity contribution is 8.15. The first-order valence-corrected chi connectivity index (χ1v) is 9.88. The Morgan fingerprint density at radius 1 is 1.17 bits per heavy atom. The second-order valence-corrected chi connectivity index (χ2v) is 7.83. The molecule has 1 atom stereocenters. The van der Waals surface area contributed by atoms with Crippen LogP contribution in [-0.4, -0.2) is 58.8 Å². The first-order valence-electron chi connectivity index (χ1n) is 9.00. The summed E-state index contributed by atoms with van der Waals surface area (Å²) in [6.07, 6.45) is -2.41. The largest absolute Gasteiger partial charge is 0.405 e. The highest BCUT2D eigenvalue weighted by Crippen LogP contribution is 2.29. The van der Waals surface area contributed by atoms with Crippen molar-refractivity contribution in [3.63, 3.8) is 0 Å². The number of carbonyl (C=O) groups excluding carboxylic acids is 3. The van der Waals surface area contributed by atoms with E-state index in [9.17, 15) is 27.6 Å². The molecule has 1 saturated heterocycles. The molecule has 2 aliphatic heterocycles. The van der Waals surface area contributed by atoms with Gasteiger partial charge < -0.3 is 15.5 Å². The Morgan fingerprint density at radius 2 is 1.83 bits per heavy atom. The second-order valence-electron chi connectivity index (χ2n) is 6.66. The number of anilines is 1. The molecule has 1 aromatic rings. The summed E-state index contributed by atoms with van der Waals surface area (Å²) in [5.74, 6) is -1.58. The van der Waals surface area contributed by atoms with Gasteiger partial charge in [-0.15, -0.1) is 0 Å². The Hall–Kier alpha value is -2.56.